The summed E-state index contributed by atoms with van der Waals surface area (Å²) in [6.45, 7) is 18.2. The zero-order valence-electron chi connectivity index (χ0n) is 39.0. The van der Waals surface area contributed by atoms with Crippen LogP contribution in [0.1, 0.15) is 92.3 Å². The lowest BCUT2D eigenvalue weighted by Gasteiger charge is -2.37. The number of aromatic nitrogens is 5. The third-order valence-corrected chi connectivity index (χ3v) is 13.6. The van der Waals surface area contributed by atoms with Crippen LogP contribution in [0.3, 0.4) is 0 Å². The summed E-state index contributed by atoms with van der Waals surface area (Å²) >= 11 is 0. The number of aryl methyl sites for hydroxylation is 2. The Morgan fingerprint density at radius 3 is 1.72 bits per heavy atom. The molecule has 2 amide bonds. The first kappa shape index (κ1) is 45.2. The Morgan fingerprint density at radius 2 is 1.19 bits per heavy atom. The first-order valence-electron chi connectivity index (χ1n) is 23.2. The van der Waals surface area contributed by atoms with Crippen molar-refractivity contribution in [2.75, 3.05) is 107 Å². The molecular formula is C47H66FN11O5. The second kappa shape index (κ2) is 19.4. The number of amides is 2. The number of ether oxygens (including phenoxy) is 3. The Bertz CT molecular complexity index is 2320. The van der Waals surface area contributed by atoms with Crippen molar-refractivity contribution in [2.45, 2.75) is 98.3 Å². The molecule has 0 N–H and O–H groups in total. The number of pyridine rings is 1. The molecule has 10 rings (SSSR count). The van der Waals surface area contributed by atoms with Gasteiger partial charge in [0.1, 0.15) is 5.82 Å². The number of anilines is 6. The molecule has 6 aliphatic heterocycles. The van der Waals surface area contributed by atoms with Crippen molar-refractivity contribution in [1.29, 1.82) is 0 Å². The van der Waals surface area contributed by atoms with E-state index < -0.39 is 0 Å². The minimum atomic E-state index is -0.333. The molecule has 0 atom stereocenters. The van der Waals surface area contributed by atoms with Gasteiger partial charge >= 0.3 is 6.09 Å². The van der Waals surface area contributed by atoms with Gasteiger partial charge < -0.3 is 43.6 Å². The highest BCUT2D eigenvalue weighted by molar-refractivity contribution is 5.81. The lowest BCUT2D eigenvalue weighted by molar-refractivity contribution is -0.129. The number of nitrogens with zero attached hydrogens (tertiary/aromatic N) is 11. The minimum absolute atomic E-state index is 0.126. The SMILES string of the molecule is CC.CC(=O)N1CCc2c(c(N3CCN(C)c4cc(C)ncc43)nn2C2CCOCC2)C1.COC(=O)N1CCc2c(c(N3CCN(C)c4cc(C)c(F)cc43)nn2C2CCOCC2)C1. The van der Waals surface area contributed by atoms with E-state index in [-0.39, 0.29) is 23.9 Å². The molecule has 0 bridgehead atoms. The van der Waals surface area contributed by atoms with Gasteiger partial charge in [-0.15, -0.1) is 0 Å². The number of benzene rings is 1. The Hall–Kier alpha value is -5.42. The van der Waals surface area contributed by atoms with Crippen molar-refractivity contribution in [3.63, 3.8) is 0 Å². The van der Waals surface area contributed by atoms with Gasteiger partial charge in [-0.05, 0) is 63.3 Å². The fraction of sp³-hybridized carbons (Fsp3) is 0.596. The predicted octanol–water partition coefficient (Wildman–Crippen LogP) is 6.85. The van der Waals surface area contributed by atoms with E-state index in [2.05, 4.69) is 47.1 Å². The zero-order valence-corrected chi connectivity index (χ0v) is 39.0. The smallest absolute Gasteiger partial charge is 0.409 e. The van der Waals surface area contributed by atoms with E-state index in [0.29, 0.717) is 37.8 Å². The maximum Gasteiger partial charge on any atom is 0.409 e. The van der Waals surface area contributed by atoms with Crippen LogP contribution in [0.2, 0.25) is 0 Å². The van der Waals surface area contributed by atoms with Crippen molar-refractivity contribution in [1.82, 2.24) is 34.3 Å². The number of carbonyl (C=O) groups is 2. The van der Waals surface area contributed by atoms with Crippen molar-refractivity contribution in [3.05, 3.63) is 64.0 Å². The highest BCUT2D eigenvalue weighted by Gasteiger charge is 2.37. The Kier molecular flexibility index (Phi) is 13.7. The topological polar surface area (TPSA) is 130 Å². The molecule has 3 aromatic heterocycles. The van der Waals surface area contributed by atoms with Gasteiger partial charge in [-0.3, -0.25) is 19.1 Å². The largest absolute Gasteiger partial charge is 0.453 e. The molecule has 346 valence electrons. The van der Waals surface area contributed by atoms with Crippen LogP contribution in [0.5, 0.6) is 0 Å². The average molecular weight is 884 g/mol. The summed E-state index contributed by atoms with van der Waals surface area (Å²) < 4.78 is 35.2. The van der Waals surface area contributed by atoms with Gasteiger partial charge in [0.15, 0.2) is 11.6 Å². The minimum Gasteiger partial charge on any atom is -0.453 e. The molecule has 4 aromatic rings. The standard InChI is InChI=1S/C23H30FN5O3.C22H30N6O2.C2H6/c1-15-12-20-21(13-18(15)24)28(9-8-26(20)2)22-17-14-27(23(30)31-3)7-4-19(17)29(25-22)16-5-10-32-11-6-16;1-15-12-20-21(13-23-15)27(9-8-25(20)3)22-18-14-26(16(2)29)7-4-19(18)28(24-22)17-5-10-30-11-6-17;1-2/h12-13,16H,4-11,14H2,1-3H3;12-13,17H,4-11,14H2,1-3H3;1-2H3. The molecule has 1 aromatic carbocycles. The molecule has 64 heavy (non-hydrogen) atoms. The predicted molar refractivity (Wildman–Crippen MR) is 246 cm³/mol. The van der Waals surface area contributed by atoms with Gasteiger partial charge in [-0.2, -0.15) is 10.2 Å². The second-order valence-corrected chi connectivity index (χ2v) is 17.5. The first-order chi connectivity index (χ1) is 31.0. The van der Waals surface area contributed by atoms with Crippen molar-refractivity contribution in [3.8, 4) is 0 Å². The average Bonchev–Trinajstić information content (AvgIpc) is 3.90. The third-order valence-electron chi connectivity index (χ3n) is 13.6. The maximum atomic E-state index is 14.6. The summed E-state index contributed by atoms with van der Waals surface area (Å²) in [5, 5.41) is 10.3. The Balaban J connectivity index is 0.000000169. The van der Waals surface area contributed by atoms with Gasteiger partial charge in [0.2, 0.25) is 5.91 Å². The molecule has 2 saturated heterocycles. The molecule has 9 heterocycles. The number of hydrogen-bond acceptors (Lipinski definition) is 12. The number of carbonyl (C=O) groups excluding carboxylic acids is 2. The summed E-state index contributed by atoms with van der Waals surface area (Å²) in [4.78, 5) is 41.5. The summed E-state index contributed by atoms with van der Waals surface area (Å²) in [5.41, 5.74) is 10.4. The quantitative estimate of drug-likeness (QED) is 0.213. The Morgan fingerprint density at radius 1 is 0.688 bits per heavy atom. The van der Waals surface area contributed by atoms with E-state index in [9.17, 15) is 14.0 Å². The van der Waals surface area contributed by atoms with Gasteiger partial charge in [0.05, 0.1) is 61.2 Å². The van der Waals surface area contributed by atoms with Crippen LogP contribution in [0.4, 0.5) is 43.6 Å². The molecule has 0 saturated carbocycles. The summed E-state index contributed by atoms with van der Waals surface area (Å²) in [6.07, 6.45) is 7.02. The van der Waals surface area contributed by atoms with Crippen LogP contribution < -0.4 is 19.6 Å². The van der Waals surface area contributed by atoms with Crippen LogP contribution in [-0.2, 0) is 44.9 Å². The van der Waals surface area contributed by atoms with Crippen LogP contribution in [0, 0.1) is 19.7 Å². The molecule has 17 heteroatoms. The number of rotatable bonds is 4. The number of likely N-dealkylation sites (N-methyl/N-ethyl adjacent to an activating group) is 2. The van der Waals surface area contributed by atoms with Crippen LogP contribution in [-0.4, -0.2) is 133 Å². The fourth-order valence-electron chi connectivity index (χ4n) is 9.96. The molecule has 2 fully saturated rings. The van der Waals surface area contributed by atoms with Crippen molar-refractivity contribution < 1.29 is 28.2 Å². The van der Waals surface area contributed by atoms with E-state index in [1.807, 2.05) is 45.0 Å². The number of methoxy groups -OCH3 is 1. The highest BCUT2D eigenvalue weighted by Crippen LogP contribution is 2.44. The van der Waals surface area contributed by atoms with E-state index in [1.54, 1.807) is 24.8 Å². The van der Waals surface area contributed by atoms with Gasteiger partial charge in [-0.1, -0.05) is 13.8 Å². The number of hydrogen-bond donors (Lipinski definition) is 0. The summed E-state index contributed by atoms with van der Waals surface area (Å²) in [7, 11) is 5.57. The van der Waals surface area contributed by atoms with E-state index >= 15 is 0 Å². The lowest BCUT2D eigenvalue weighted by atomic mass is 10.0. The highest BCUT2D eigenvalue weighted by atomic mass is 19.1. The fourth-order valence-corrected chi connectivity index (χ4v) is 9.96. The molecule has 0 spiro atoms. The summed E-state index contributed by atoms with van der Waals surface area (Å²) in [5.74, 6) is 1.71. The van der Waals surface area contributed by atoms with Crippen LogP contribution in [0.15, 0.2) is 24.4 Å². The van der Waals surface area contributed by atoms with Crippen molar-refractivity contribution in [2.24, 2.45) is 0 Å². The molecule has 0 radical (unpaired) electrons. The molecular weight excluding hydrogens is 818 g/mol. The number of fused-ring (bicyclic) bond motifs is 4. The Labute approximate surface area is 376 Å². The maximum absolute atomic E-state index is 14.6. The first-order valence-corrected chi connectivity index (χ1v) is 23.2. The van der Waals surface area contributed by atoms with Gasteiger partial charge in [-0.25, -0.2) is 9.18 Å². The summed E-state index contributed by atoms with van der Waals surface area (Å²) in [6, 6.07) is 6.30. The monoisotopic (exact) mass is 884 g/mol. The third kappa shape index (κ3) is 8.72. The molecule has 16 nitrogen and oxygen atoms in total. The van der Waals surface area contributed by atoms with Crippen LogP contribution in [0.25, 0.3) is 0 Å². The molecule has 0 unspecified atom stereocenters. The van der Waals surface area contributed by atoms with Gasteiger partial charge in [0.25, 0.3) is 0 Å². The zero-order chi connectivity index (χ0) is 45.2. The molecule has 0 aliphatic carbocycles. The van der Waals surface area contributed by atoms with Gasteiger partial charge in [0, 0.05) is 128 Å². The van der Waals surface area contributed by atoms with Crippen LogP contribution >= 0.6 is 0 Å². The van der Waals surface area contributed by atoms with Crippen molar-refractivity contribution >= 4 is 46.4 Å². The van der Waals surface area contributed by atoms with E-state index in [4.69, 9.17) is 24.4 Å². The molecule has 6 aliphatic rings. The van der Waals surface area contributed by atoms with E-state index in [1.165, 1.54) is 29.7 Å². The second-order valence-electron chi connectivity index (χ2n) is 17.5. The normalized spacial score (nSPS) is 18.8. The number of halogens is 1. The lowest BCUT2D eigenvalue weighted by Crippen LogP contribution is -2.39. The van der Waals surface area contributed by atoms with E-state index in [0.717, 1.165) is 131 Å².